The summed E-state index contributed by atoms with van der Waals surface area (Å²) in [5, 5.41) is 0. The summed E-state index contributed by atoms with van der Waals surface area (Å²) < 4.78 is 2.18. The average Bonchev–Trinajstić information content (AvgIpc) is 2.77. The van der Waals surface area contributed by atoms with Crippen LogP contribution in [0.2, 0.25) is 0 Å². The van der Waals surface area contributed by atoms with Crippen LogP contribution >= 0.6 is 0 Å². The van der Waals surface area contributed by atoms with Crippen LogP contribution in [0.4, 0.5) is 0 Å². The van der Waals surface area contributed by atoms with Crippen molar-refractivity contribution in [3.8, 4) is 5.69 Å². The Labute approximate surface area is 124 Å². The first-order valence-corrected chi connectivity index (χ1v) is 7.23. The number of rotatable bonds is 3. The minimum atomic E-state index is 0.677. The Morgan fingerprint density at radius 2 is 1.76 bits per heavy atom. The number of imidazole rings is 1. The zero-order valence-corrected chi connectivity index (χ0v) is 12.7. The van der Waals surface area contributed by atoms with Gasteiger partial charge in [0.05, 0.1) is 11.2 Å². The predicted molar refractivity (Wildman–Crippen MR) is 85.8 cm³/mol. The summed E-state index contributed by atoms with van der Waals surface area (Å²) in [6.45, 7) is 6.74. The van der Waals surface area contributed by atoms with Gasteiger partial charge in [-0.05, 0) is 57.5 Å². The lowest BCUT2D eigenvalue weighted by Gasteiger charge is -2.08. The van der Waals surface area contributed by atoms with E-state index >= 15 is 0 Å². The van der Waals surface area contributed by atoms with Crippen LogP contribution in [0.5, 0.6) is 0 Å². The van der Waals surface area contributed by atoms with Crippen molar-refractivity contribution in [2.75, 3.05) is 6.54 Å². The van der Waals surface area contributed by atoms with Crippen LogP contribution in [0.1, 0.15) is 22.8 Å². The van der Waals surface area contributed by atoms with E-state index in [0.717, 1.165) is 40.4 Å². The fourth-order valence-electron chi connectivity index (χ4n) is 2.80. The van der Waals surface area contributed by atoms with Crippen LogP contribution in [-0.2, 0) is 6.42 Å². The summed E-state index contributed by atoms with van der Waals surface area (Å²) in [7, 11) is 0. The first kappa shape index (κ1) is 13.8. The van der Waals surface area contributed by atoms with Gasteiger partial charge in [0.25, 0.3) is 0 Å². The third-order valence-electron chi connectivity index (χ3n) is 3.74. The van der Waals surface area contributed by atoms with E-state index in [9.17, 15) is 0 Å². The van der Waals surface area contributed by atoms with Crippen LogP contribution in [0, 0.1) is 20.8 Å². The third-order valence-corrected chi connectivity index (χ3v) is 3.74. The Hall–Kier alpha value is -2.20. The molecule has 2 N–H and O–H groups in total. The molecule has 0 fully saturated rings. The van der Waals surface area contributed by atoms with Crippen molar-refractivity contribution in [1.82, 2.24) is 14.5 Å². The van der Waals surface area contributed by atoms with Gasteiger partial charge in [0.1, 0.15) is 11.3 Å². The molecule has 108 valence electrons. The van der Waals surface area contributed by atoms with E-state index in [1.54, 1.807) is 0 Å². The molecule has 4 heteroatoms. The molecule has 0 saturated heterocycles. The van der Waals surface area contributed by atoms with E-state index < -0.39 is 0 Å². The number of nitrogens with zero attached hydrogens (tertiary/aromatic N) is 3. The number of hydrogen-bond donors (Lipinski definition) is 1. The molecule has 0 amide bonds. The molecule has 1 aromatic carbocycles. The monoisotopic (exact) mass is 280 g/mol. The van der Waals surface area contributed by atoms with Gasteiger partial charge >= 0.3 is 0 Å². The molecule has 0 aliphatic heterocycles. The molecule has 4 nitrogen and oxygen atoms in total. The summed E-state index contributed by atoms with van der Waals surface area (Å²) in [6.07, 6.45) is 0.909. The van der Waals surface area contributed by atoms with Crippen LogP contribution in [0.3, 0.4) is 0 Å². The zero-order chi connectivity index (χ0) is 15.0. The van der Waals surface area contributed by atoms with Gasteiger partial charge in [-0.3, -0.25) is 9.55 Å². The largest absolute Gasteiger partial charge is 0.330 e. The van der Waals surface area contributed by atoms with Gasteiger partial charge in [-0.15, -0.1) is 0 Å². The molecular formula is C17H20N4. The van der Waals surface area contributed by atoms with E-state index in [2.05, 4.69) is 44.9 Å². The summed E-state index contributed by atoms with van der Waals surface area (Å²) in [6, 6.07) is 10.6. The van der Waals surface area contributed by atoms with Crippen LogP contribution in [0.15, 0.2) is 30.3 Å². The van der Waals surface area contributed by atoms with Gasteiger partial charge in [0, 0.05) is 11.4 Å². The highest BCUT2D eigenvalue weighted by Crippen LogP contribution is 2.23. The van der Waals surface area contributed by atoms with Crippen LogP contribution in [-0.4, -0.2) is 21.1 Å². The Kier molecular flexibility index (Phi) is 3.47. The van der Waals surface area contributed by atoms with Crippen molar-refractivity contribution in [2.24, 2.45) is 5.73 Å². The van der Waals surface area contributed by atoms with Gasteiger partial charge in [-0.25, -0.2) is 4.98 Å². The first-order chi connectivity index (χ1) is 10.1. The predicted octanol–water partition coefficient (Wildman–Crippen LogP) is 2.85. The van der Waals surface area contributed by atoms with Crippen molar-refractivity contribution in [1.29, 1.82) is 0 Å². The lowest BCUT2D eigenvalue weighted by molar-refractivity contribution is 0.960. The van der Waals surface area contributed by atoms with E-state index in [1.165, 1.54) is 5.56 Å². The molecule has 0 unspecified atom stereocenters. The summed E-state index contributed by atoms with van der Waals surface area (Å²) >= 11 is 0. The SMILES string of the molecule is Cc1cc2c(nc(C)n2-c2ccc(CCN)cc2)c(C)n1. The number of benzene rings is 1. The van der Waals surface area contributed by atoms with Gasteiger partial charge in [0.15, 0.2) is 0 Å². The van der Waals surface area contributed by atoms with E-state index in [0.29, 0.717) is 6.54 Å². The smallest absolute Gasteiger partial charge is 0.111 e. The minimum Gasteiger partial charge on any atom is -0.330 e. The fourth-order valence-corrected chi connectivity index (χ4v) is 2.80. The standard InChI is InChI=1S/C17H20N4/c1-11-10-16-17(12(2)19-11)20-13(3)21(16)15-6-4-14(5-7-15)8-9-18/h4-7,10H,8-9,18H2,1-3H3. The lowest BCUT2D eigenvalue weighted by atomic mass is 10.1. The highest BCUT2D eigenvalue weighted by molar-refractivity contribution is 5.80. The van der Waals surface area contributed by atoms with Crippen molar-refractivity contribution in [2.45, 2.75) is 27.2 Å². The average molecular weight is 280 g/mol. The Balaban J connectivity index is 2.17. The molecule has 2 heterocycles. The topological polar surface area (TPSA) is 56.7 Å². The van der Waals surface area contributed by atoms with Crippen molar-refractivity contribution < 1.29 is 0 Å². The second-order valence-corrected chi connectivity index (χ2v) is 5.42. The van der Waals surface area contributed by atoms with Crippen molar-refractivity contribution in [3.05, 3.63) is 53.1 Å². The van der Waals surface area contributed by atoms with E-state index in [4.69, 9.17) is 5.73 Å². The molecule has 0 aliphatic carbocycles. The zero-order valence-electron chi connectivity index (χ0n) is 12.7. The Morgan fingerprint density at radius 3 is 2.43 bits per heavy atom. The molecular weight excluding hydrogens is 260 g/mol. The number of aromatic nitrogens is 3. The molecule has 0 saturated carbocycles. The third kappa shape index (κ3) is 2.43. The summed E-state index contributed by atoms with van der Waals surface area (Å²) in [4.78, 5) is 9.17. The summed E-state index contributed by atoms with van der Waals surface area (Å²) in [5.41, 5.74) is 12.1. The minimum absolute atomic E-state index is 0.677. The van der Waals surface area contributed by atoms with Crippen molar-refractivity contribution in [3.63, 3.8) is 0 Å². The number of hydrogen-bond acceptors (Lipinski definition) is 3. The second-order valence-electron chi connectivity index (χ2n) is 5.42. The van der Waals surface area contributed by atoms with Crippen LogP contribution in [0.25, 0.3) is 16.7 Å². The Bertz CT molecular complexity index is 785. The van der Waals surface area contributed by atoms with Gasteiger partial charge in [-0.2, -0.15) is 0 Å². The molecule has 0 radical (unpaired) electrons. The second kappa shape index (κ2) is 5.30. The number of aryl methyl sites for hydroxylation is 3. The first-order valence-electron chi connectivity index (χ1n) is 7.23. The number of pyridine rings is 1. The van der Waals surface area contributed by atoms with E-state index in [1.807, 2.05) is 20.8 Å². The maximum Gasteiger partial charge on any atom is 0.111 e. The fraction of sp³-hybridized carbons (Fsp3) is 0.294. The molecule has 0 aliphatic rings. The maximum atomic E-state index is 5.60. The van der Waals surface area contributed by atoms with Gasteiger partial charge in [0.2, 0.25) is 0 Å². The molecule has 2 aromatic heterocycles. The summed E-state index contributed by atoms with van der Waals surface area (Å²) in [5.74, 6) is 0.979. The molecule has 3 rings (SSSR count). The Morgan fingerprint density at radius 1 is 1.05 bits per heavy atom. The molecule has 21 heavy (non-hydrogen) atoms. The van der Waals surface area contributed by atoms with Gasteiger partial charge < -0.3 is 5.73 Å². The number of nitrogens with two attached hydrogens (primary N) is 1. The molecule has 3 aromatic rings. The molecule has 0 spiro atoms. The quantitative estimate of drug-likeness (QED) is 0.802. The van der Waals surface area contributed by atoms with Gasteiger partial charge in [-0.1, -0.05) is 12.1 Å². The molecule has 0 bridgehead atoms. The normalized spacial score (nSPS) is 11.2. The maximum absolute atomic E-state index is 5.60. The highest BCUT2D eigenvalue weighted by Gasteiger charge is 2.12. The van der Waals surface area contributed by atoms with Crippen LogP contribution < -0.4 is 5.73 Å². The van der Waals surface area contributed by atoms with Crippen molar-refractivity contribution >= 4 is 11.0 Å². The number of fused-ring (bicyclic) bond motifs is 1. The molecule has 0 atom stereocenters. The van der Waals surface area contributed by atoms with E-state index in [-0.39, 0.29) is 0 Å². The highest BCUT2D eigenvalue weighted by atomic mass is 15.1. The lowest BCUT2D eigenvalue weighted by Crippen LogP contribution is -2.03.